The maximum Gasteiger partial charge on any atom is 0.227 e. The molecule has 0 atom stereocenters. The lowest BCUT2D eigenvalue weighted by Gasteiger charge is -2.25. The van der Waals surface area contributed by atoms with Gasteiger partial charge in [0.05, 0.1) is 0 Å². The molecule has 0 radical (unpaired) electrons. The molecule has 9 nitrogen and oxygen atoms in total. The summed E-state index contributed by atoms with van der Waals surface area (Å²) in [7, 11) is -18.1. The van der Waals surface area contributed by atoms with Crippen LogP contribution in [0.25, 0.3) is 0 Å². The van der Waals surface area contributed by atoms with Gasteiger partial charge in [0.25, 0.3) is 0 Å². The van der Waals surface area contributed by atoms with E-state index in [1.165, 1.54) is 0 Å². The minimum atomic E-state index is -6.03. The minimum Gasteiger partial charge on any atom is -0.746 e. The number of hydrogen-bond acceptors (Lipinski definition) is 9. The first-order valence-electron chi connectivity index (χ1n) is 2.21. The molecule has 0 heterocycles. The Labute approximate surface area is 73.6 Å². The highest BCUT2D eigenvalue weighted by atomic mass is 32.3. The van der Waals surface area contributed by atoms with Gasteiger partial charge in [-0.2, -0.15) is 0 Å². The SMILES string of the molecule is O=S(=O)([O-])C(S(=O)(=O)[O-])S(=O)(=O)[O-]. The minimum absolute atomic E-state index is 4.02. The summed E-state index contributed by atoms with van der Waals surface area (Å²) in [4.78, 5) is 0. The van der Waals surface area contributed by atoms with Crippen molar-refractivity contribution in [3.63, 3.8) is 0 Å². The van der Waals surface area contributed by atoms with Gasteiger partial charge in [-0.15, -0.1) is 0 Å². The third-order valence-corrected chi connectivity index (χ3v) is 6.36. The second-order valence-electron chi connectivity index (χ2n) is 1.77. The molecule has 0 aromatic heterocycles. The fourth-order valence-electron chi connectivity index (χ4n) is 0.433. The van der Waals surface area contributed by atoms with E-state index >= 15 is 0 Å². The summed E-state index contributed by atoms with van der Waals surface area (Å²) in [5.41, 5.74) is 0. The molecule has 13 heavy (non-hydrogen) atoms. The lowest BCUT2D eigenvalue weighted by atomic mass is 11.9. The first-order chi connectivity index (χ1) is 5.37. The summed E-state index contributed by atoms with van der Waals surface area (Å²) in [6, 6.07) is 0. The largest absolute Gasteiger partial charge is 0.746 e. The first kappa shape index (κ1) is 12.7. The molecule has 12 heteroatoms. The van der Waals surface area contributed by atoms with Gasteiger partial charge in [0.2, 0.25) is 3.91 Å². The fraction of sp³-hybridized carbons (Fsp3) is 1.00. The molecule has 0 bridgehead atoms. The average Bonchev–Trinajstić information content (AvgIpc) is 1.44. The summed E-state index contributed by atoms with van der Waals surface area (Å²) < 4.78 is 85.2. The van der Waals surface area contributed by atoms with Crippen molar-refractivity contribution in [2.24, 2.45) is 0 Å². The lowest BCUT2D eigenvalue weighted by Crippen LogP contribution is -2.37. The van der Waals surface area contributed by atoms with Crippen LogP contribution in [0.3, 0.4) is 0 Å². The quantitative estimate of drug-likeness (QED) is 0.472. The monoisotopic (exact) mass is 253 g/mol. The van der Waals surface area contributed by atoms with Crippen LogP contribution in [0.1, 0.15) is 0 Å². The molecule has 0 aromatic carbocycles. The van der Waals surface area contributed by atoms with Crippen molar-refractivity contribution in [2.45, 2.75) is 3.91 Å². The molecular formula is CHO9S3-3. The Hall–Kier alpha value is -0.270. The molecule has 0 aliphatic carbocycles. The highest BCUT2D eigenvalue weighted by molar-refractivity contribution is 8.19. The van der Waals surface area contributed by atoms with Crippen molar-refractivity contribution in [3.8, 4) is 0 Å². The molecule has 0 aromatic rings. The Morgan fingerprint density at radius 3 is 0.769 bits per heavy atom. The molecule has 0 N–H and O–H groups in total. The van der Waals surface area contributed by atoms with Crippen molar-refractivity contribution in [1.82, 2.24) is 0 Å². The van der Waals surface area contributed by atoms with Crippen molar-refractivity contribution < 1.29 is 38.9 Å². The normalized spacial score (nSPS) is 14.8. The zero-order valence-electron chi connectivity index (χ0n) is 5.48. The van der Waals surface area contributed by atoms with E-state index in [1.54, 1.807) is 0 Å². The van der Waals surface area contributed by atoms with Gasteiger partial charge < -0.3 is 13.7 Å². The van der Waals surface area contributed by atoms with Crippen LogP contribution in [0.5, 0.6) is 0 Å². The summed E-state index contributed by atoms with van der Waals surface area (Å²) in [6.07, 6.45) is 0. The zero-order chi connectivity index (χ0) is 11.1. The molecule has 0 aliphatic heterocycles. The van der Waals surface area contributed by atoms with E-state index in [0.29, 0.717) is 0 Å². The van der Waals surface area contributed by atoms with Gasteiger partial charge in [0.15, 0.2) is 0 Å². The highest BCUT2D eigenvalue weighted by Gasteiger charge is 2.30. The maximum absolute atomic E-state index is 9.91. The molecule has 0 saturated heterocycles. The van der Waals surface area contributed by atoms with Crippen molar-refractivity contribution >= 4 is 30.4 Å². The predicted molar refractivity (Wildman–Crippen MR) is 32.9 cm³/mol. The van der Waals surface area contributed by atoms with Crippen LogP contribution in [-0.4, -0.2) is 42.8 Å². The van der Waals surface area contributed by atoms with E-state index in [1.807, 2.05) is 0 Å². The van der Waals surface area contributed by atoms with Gasteiger partial charge in [0.1, 0.15) is 30.4 Å². The first-order valence-corrected chi connectivity index (χ1v) is 6.62. The third-order valence-electron chi connectivity index (χ3n) is 0.707. The summed E-state index contributed by atoms with van der Waals surface area (Å²) >= 11 is 0. The second kappa shape index (κ2) is 3.14. The van der Waals surface area contributed by atoms with E-state index in [0.717, 1.165) is 0 Å². The molecule has 0 amide bonds. The molecule has 80 valence electrons. The van der Waals surface area contributed by atoms with Gasteiger partial charge in [-0.1, -0.05) is 0 Å². The Morgan fingerprint density at radius 1 is 0.615 bits per heavy atom. The van der Waals surface area contributed by atoms with E-state index in [2.05, 4.69) is 0 Å². The summed E-state index contributed by atoms with van der Waals surface area (Å²) in [5.74, 6) is 0. The molecule has 0 fully saturated rings. The lowest BCUT2D eigenvalue weighted by molar-refractivity contribution is 0.430. The molecular weight excluding hydrogens is 252 g/mol. The Balaban J connectivity index is 5.87. The summed E-state index contributed by atoms with van der Waals surface area (Å²) in [5, 5.41) is 0. The van der Waals surface area contributed by atoms with Crippen LogP contribution in [0, 0.1) is 0 Å². The number of hydrogen-bond donors (Lipinski definition) is 0. The molecule has 0 spiro atoms. The second-order valence-corrected chi connectivity index (χ2v) is 7.03. The van der Waals surface area contributed by atoms with Crippen LogP contribution < -0.4 is 0 Å². The highest BCUT2D eigenvalue weighted by Crippen LogP contribution is 2.12. The Morgan fingerprint density at radius 2 is 0.769 bits per heavy atom. The Kier molecular flexibility index (Phi) is 3.08. The smallest absolute Gasteiger partial charge is 0.227 e. The summed E-state index contributed by atoms with van der Waals surface area (Å²) in [6.45, 7) is 0. The topological polar surface area (TPSA) is 172 Å². The van der Waals surface area contributed by atoms with Gasteiger partial charge >= 0.3 is 0 Å². The van der Waals surface area contributed by atoms with Gasteiger partial charge in [-0.25, -0.2) is 25.3 Å². The average molecular weight is 253 g/mol. The Bertz CT molecular complexity index is 397. The van der Waals surface area contributed by atoms with Crippen LogP contribution in [0.4, 0.5) is 0 Å². The van der Waals surface area contributed by atoms with Crippen LogP contribution in [0.2, 0.25) is 0 Å². The van der Waals surface area contributed by atoms with E-state index in [-0.39, 0.29) is 0 Å². The molecule has 0 aliphatic rings. The number of rotatable bonds is 3. The molecule has 0 saturated carbocycles. The van der Waals surface area contributed by atoms with Crippen molar-refractivity contribution in [3.05, 3.63) is 0 Å². The van der Waals surface area contributed by atoms with Gasteiger partial charge in [-0.3, -0.25) is 0 Å². The van der Waals surface area contributed by atoms with Crippen molar-refractivity contribution in [1.29, 1.82) is 0 Å². The van der Waals surface area contributed by atoms with E-state index in [9.17, 15) is 38.9 Å². The molecule has 0 rings (SSSR count). The van der Waals surface area contributed by atoms with Crippen LogP contribution in [-0.2, 0) is 30.4 Å². The van der Waals surface area contributed by atoms with Gasteiger partial charge in [-0.05, 0) is 0 Å². The van der Waals surface area contributed by atoms with Crippen molar-refractivity contribution in [2.75, 3.05) is 0 Å². The molecule has 0 unspecified atom stereocenters. The van der Waals surface area contributed by atoms with Crippen LogP contribution >= 0.6 is 0 Å². The van der Waals surface area contributed by atoms with Gasteiger partial charge in [0, 0.05) is 0 Å². The fourth-order valence-corrected chi connectivity index (χ4v) is 3.90. The third kappa shape index (κ3) is 3.53. The predicted octanol–water partition coefficient (Wildman–Crippen LogP) is -3.09. The van der Waals surface area contributed by atoms with E-state index in [4.69, 9.17) is 0 Å². The maximum atomic E-state index is 9.91. The standard InChI is InChI=1S/CH4O9S3/c2-11(3,4)1(12(5,6)7)13(8,9)10/h1H,(H,2,3,4)(H,5,6,7)(H,8,9,10)/p-3. The van der Waals surface area contributed by atoms with Crippen LogP contribution in [0.15, 0.2) is 0 Å². The zero-order valence-corrected chi connectivity index (χ0v) is 7.93. The van der Waals surface area contributed by atoms with E-state index < -0.39 is 34.3 Å².